The smallest absolute Gasteiger partial charge is 0.165 e. The van der Waals surface area contributed by atoms with E-state index in [1.54, 1.807) is 12.1 Å². The highest BCUT2D eigenvalue weighted by Crippen LogP contribution is 2.49. The number of rotatable bonds is 0. The fourth-order valence-electron chi connectivity index (χ4n) is 1.79. The number of aliphatic hydroxyl groups is 1. The van der Waals surface area contributed by atoms with Gasteiger partial charge in [-0.3, -0.25) is 0 Å². The van der Waals surface area contributed by atoms with Crippen LogP contribution < -0.4 is 10.1 Å². The molecule has 15 heavy (non-hydrogen) atoms. The second-order valence-corrected chi connectivity index (χ2v) is 4.80. The molecule has 5 heteroatoms. The maximum Gasteiger partial charge on any atom is 0.165 e. The normalized spacial score (nSPS) is 25.4. The standard InChI is InChI=1S/C10H9BrFNO2/c11-5-1-2-6-8(7(5)12)13-9(14)10(15-6)3-4-10/h1-2,9,13-14H,3-4H2. The van der Waals surface area contributed by atoms with Crippen LogP contribution in [0.25, 0.3) is 0 Å². The van der Waals surface area contributed by atoms with Gasteiger partial charge >= 0.3 is 0 Å². The predicted molar refractivity (Wildman–Crippen MR) is 56.3 cm³/mol. The molecule has 2 N–H and O–H groups in total. The minimum atomic E-state index is -0.825. The highest BCUT2D eigenvalue weighted by Gasteiger charge is 2.55. The lowest BCUT2D eigenvalue weighted by Gasteiger charge is -2.32. The molecule has 0 bridgehead atoms. The number of hydrogen-bond donors (Lipinski definition) is 2. The van der Waals surface area contributed by atoms with E-state index in [9.17, 15) is 9.50 Å². The van der Waals surface area contributed by atoms with Crippen molar-refractivity contribution >= 4 is 21.6 Å². The number of fused-ring (bicyclic) bond motifs is 1. The Morgan fingerprint density at radius 3 is 2.93 bits per heavy atom. The van der Waals surface area contributed by atoms with E-state index in [0.29, 0.717) is 10.2 Å². The van der Waals surface area contributed by atoms with Crippen LogP contribution in [0.5, 0.6) is 5.75 Å². The largest absolute Gasteiger partial charge is 0.480 e. The molecular weight excluding hydrogens is 265 g/mol. The topological polar surface area (TPSA) is 41.5 Å². The maximum atomic E-state index is 13.6. The number of benzene rings is 1. The Labute approximate surface area is 94.4 Å². The van der Waals surface area contributed by atoms with Crippen LogP contribution in [0.3, 0.4) is 0 Å². The summed E-state index contributed by atoms with van der Waals surface area (Å²) in [5.74, 6) is 0.0422. The molecule has 1 aliphatic heterocycles. The van der Waals surface area contributed by atoms with Gasteiger partial charge in [-0.25, -0.2) is 4.39 Å². The Balaban J connectivity index is 2.08. The van der Waals surface area contributed by atoms with Gasteiger partial charge in [0.1, 0.15) is 11.4 Å². The molecule has 1 aromatic carbocycles. The van der Waals surface area contributed by atoms with Crippen molar-refractivity contribution in [3.8, 4) is 5.75 Å². The summed E-state index contributed by atoms with van der Waals surface area (Å²) in [4.78, 5) is 0. The third kappa shape index (κ3) is 1.26. The molecule has 0 aromatic heterocycles. The SMILES string of the molecule is OC1Nc2c(ccc(Br)c2F)OC12CC2. The van der Waals surface area contributed by atoms with Gasteiger partial charge in [0.2, 0.25) is 0 Å². The van der Waals surface area contributed by atoms with Gasteiger partial charge in [0.05, 0.1) is 4.47 Å². The quantitative estimate of drug-likeness (QED) is 0.762. The number of ether oxygens (including phenoxy) is 1. The van der Waals surface area contributed by atoms with Crippen LogP contribution in [0.1, 0.15) is 12.8 Å². The summed E-state index contributed by atoms with van der Waals surface area (Å²) in [5, 5.41) is 12.5. The molecule has 1 fully saturated rings. The van der Waals surface area contributed by atoms with E-state index in [4.69, 9.17) is 4.74 Å². The van der Waals surface area contributed by atoms with E-state index in [0.717, 1.165) is 12.8 Å². The molecule has 3 nitrogen and oxygen atoms in total. The molecule has 1 aliphatic carbocycles. The zero-order chi connectivity index (χ0) is 10.6. The summed E-state index contributed by atoms with van der Waals surface area (Å²) >= 11 is 3.09. The van der Waals surface area contributed by atoms with Crippen LogP contribution in [0.15, 0.2) is 16.6 Å². The third-order valence-corrected chi connectivity index (χ3v) is 3.50. The zero-order valence-electron chi connectivity index (χ0n) is 7.76. The minimum absolute atomic E-state index is 0.231. The summed E-state index contributed by atoms with van der Waals surface area (Å²) in [6.45, 7) is 0. The van der Waals surface area contributed by atoms with Crippen molar-refractivity contribution < 1.29 is 14.2 Å². The van der Waals surface area contributed by atoms with E-state index in [-0.39, 0.29) is 5.69 Å². The van der Waals surface area contributed by atoms with Crippen molar-refractivity contribution in [2.45, 2.75) is 24.7 Å². The lowest BCUT2D eigenvalue weighted by atomic mass is 10.2. The molecule has 1 heterocycles. The first-order valence-corrected chi connectivity index (χ1v) is 5.53. The van der Waals surface area contributed by atoms with Gasteiger partial charge in [-0.05, 0) is 40.9 Å². The Hall–Kier alpha value is -0.810. The highest BCUT2D eigenvalue weighted by molar-refractivity contribution is 9.10. The van der Waals surface area contributed by atoms with Gasteiger partial charge in [-0.15, -0.1) is 0 Å². The first-order valence-electron chi connectivity index (χ1n) is 4.74. The molecular formula is C10H9BrFNO2. The summed E-state index contributed by atoms with van der Waals surface area (Å²) in [6, 6.07) is 3.30. The van der Waals surface area contributed by atoms with Gasteiger partial charge in [-0.2, -0.15) is 0 Å². The first-order chi connectivity index (χ1) is 7.12. The molecule has 1 spiro atoms. The molecule has 0 radical (unpaired) electrons. The highest BCUT2D eigenvalue weighted by atomic mass is 79.9. The average Bonchev–Trinajstić information content (AvgIpc) is 2.97. The molecule has 1 saturated carbocycles. The van der Waals surface area contributed by atoms with Crippen molar-refractivity contribution in [1.29, 1.82) is 0 Å². The fourth-order valence-corrected chi connectivity index (χ4v) is 2.12. The Morgan fingerprint density at radius 2 is 2.27 bits per heavy atom. The summed E-state index contributed by atoms with van der Waals surface area (Å²) in [7, 11) is 0. The van der Waals surface area contributed by atoms with Gasteiger partial charge in [0, 0.05) is 0 Å². The molecule has 0 amide bonds. The predicted octanol–water partition coefficient (Wildman–Crippen LogP) is 2.24. The van der Waals surface area contributed by atoms with E-state index in [1.807, 2.05) is 0 Å². The molecule has 1 atom stereocenters. The van der Waals surface area contributed by atoms with Crippen molar-refractivity contribution in [2.75, 3.05) is 5.32 Å². The molecule has 3 rings (SSSR count). The van der Waals surface area contributed by atoms with Crippen LogP contribution in [0.4, 0.5) is 10.1 Å². The zero-order valence-corrected chi connectivity index (χ0v) is 9.34. The Bertz CT molecular complexity index is 434. The summed E-state index contributed by atoms with van der Waals surface area (Å²) in [5.41, 5.74) is -0.290. The Kier molecular flexibility index (Phi) is 1.79. The molecule has 1 unspecified atom stereocenters. The van der Waals surface area contributed by atoms with Crippen molar-refractivity contribution in [2.24, 2.45) is 0 Å². The number of hydrogen-bond acceptors (Lipinski definition) is 3. The van der Waals surface area contributed by atoms with Crippen LogP contribution in [-0.2, 0) is 0 Å². The molecule has 2 aliphatic rings. The third-order valence-electron chi connectivity index (χ3n) is 2.89. The first kappa shape index (κ1) is 9.42. The van der Waals surface area contributed by atoms with E-state index in [1.165, 1.54) is 0 Å². The van der Waals surface area contributed by atoms with Crippen LogP contribution in [0.2, 0.25) is 0 Å². The number of halogens is 2. The van der Waals surface area contributed by atoms with Gasteiger partial charge in [0.15, 0.2) is 17.6 Å². The maximum absolute atomic E-state index is 13.6. The van der Waals surface area contributed by atoms with Gasteiger partial charge in [0.25, 0.3) is 0 Å². The Morgan fingerprint density at radius 1 is 1.53 bits per heavy atom. The summed E-state index contributed by atoms with van der Waals surface area (Å²) < 4.78 is 19.6. The molecule has 0 saturated heterocycles. The van der Waals surface area contributed by atoms with E-state index >= 15 is 0 Å². The summed E-state index contributed by atoms with van der Waals surface area (Å²) in [6.07, 6.45) is 0.783. The second kappa shape index (κ2) is 2.86. The monoisotopic (exact) mass is 273 g/mol. The minimum Gasteiger partial charge on any atom is -0.480 e. The van der Waals surface area contributed by atoms with E-state index < -0.39 is 17.6 Å². The van der Waals surface area contributed by atoms with Crippen LogP contribution in [-0.4, -0.2) is 16.9 Å². The second-order valence-electron chi connectivity index (χ2n) is 3.95. The number of aliphatic hydroxyl groups excluding tert-OH is 1. The van der Waals surface area contributed by atoms with E-state index in [2.05, 4.69) is 21.2 Å². The van der Waals surface area contributed by atoms with Crippen molar-refractivity contribution in [3.05, 3.63) is 22.4 Å². The number of anilines is 1. The van der Waals surface area contributed by atoms with Crippen molar-refractivity contribution in [1.82, 2.24) is 0 Å². The lowest BCUT2D eigenvalue weighted by Crippen LogP contribution is -2.43. The number of nitrogens with one attached hydrogen (secondary N) is 1. The fraction of sp³-hybridized carbons (Fsp3) is 0.400. The molecule has 1 aromatic rings. The average molecular weight is 274 g/mol. The van der Waals surface area contributed by atoms with Crippen LogP contribution in [0, 0.1) is 5.82 Å². The van der Waals surface area contributed by atoms with Crippen molar-refractivity contribution in [3.63, 3.8) is 0 Å². The van der Waals surface area contributed by atoms with Crippen LogP contribution >= 0.6 is 15.9 Å². The van der Waals surface area contributed by atoms with Gasteiger partial charge < -0.3 is 15.2 Å². The van der Waals surface area contributed by atoms with Gasteiger partial charge in [-0.1, -0.05) is 0 Å². The lowest BCUT2D eigenvalue weighted by molar-refractivity contribution is 0.0253. The molecule has 80 valence electrons.